The van der Waals surface area contributed by atoms with Crippen LogP contribution in [-0.4, -0.2) is 6.61 Å². The van der Waals surface area contributed by atoms with Crippen molar-refractivity contribution in [2.24, 2.45) is 0 Å². The van der Waals surface area contributed by atoms with Gasteiger partial charge in [0.2, 0.25) is 0 Å². The van der Waals surface area contributed by atoms with Gasteiger partial charge in [-0.3, -0.25) is 0 Å². The number of allylic oxidation sites excluding steroid dienone is 1. The summed E-state index contributed by atoms with van der Waals surface area (Å²) in [6, 6.07) is 27.5. The lowest BCUT2D eigenvalue weighted by atomic mass is 9.97. The van der Waals surface area contributed by atoms with Crippen molar-refractivity contribution in [2.75, 3.05) is 6.61 Å². The second kappa shape index (κ2) is 8.53. The van der Waals surface area contributed by atoms with Gasteiger partial charge in [-0.05, 0) is 58.9 Å². The summed E-state index contributed by atoms with van der Waals surface area (Å²) in [6.07, 6.45) is 2.12. The minimum absolute atomic E-state index is 0.567. The molecule has 132 valence electrons. The molecule has 0 amide bonds. The number of hydrogen-bond acceptors (Lipinski definition) is 1. The molecule has 3 rings (SSSR count). The Hall–Kier alpha value is -2.80. The number of para-hydroxylation sites is 1. The molecule has 0 bridgehead atoms. The van der Waals surface area contributed by atoms with Gasteiger partial charge >= 0.3 is 0 Å². The molecule has 0 unspecified atom stereocenters. The van der Waals surface area contributed by atoms with Crippen LogP contribution in [0.15, 0.2) is 84.9 Å². The van der Waals surface area contributed by atoms with E-state index in [1.807, 2.05) is 30.3 Å². The third kappa shape index (κ3) is 4.64. The molecule has 3 aromatic rings. The smallest absolute Gasteiger partial charge is 0.119 e. The van der Waals surface area contributed by atoms with Gasteiger partial charge in [0.25, 0.3) is 0 Å². The van der Waals surface area contributed by atoms with Crippen LogP contribution in [-0.2, 0) is 0 Å². The first-order valence-corrected chi connectivity index (χ1v) is 9.19. The molecule has 0 saturated heterocycles. The first-order valence-electron chi connectivity index (χ1n) is 9.19. The Morgan fingerprint density at radius 2 is 1.38 bits per heavy atom. The monoisotopic (exact) mass is 342 g/mol. The van der Waals surface area contributed by atoms with Gasteiger partial charge in [-0.2, -0.15) is 0 Å². The number of hydrogen-bond donors (Lipinski definition) is 0. The van der Waals surface area contributed by atoms with Crippen molar-refractivity contribution < 1.29 is 4.74 Å². The number of rotatable bonds is 6. The molecule has 1 nitrogen and oxygen atoms in total. The molecule has 26 heavy (non-hydrogen) atoms. The molecule has 0 aliphatic rings. The molecule has 0 aliphatic heterocycles. The lowest BCUT2D eigenvalue weighted by Crippen LogP contribution is -1.94. The van der Waals surface area contributed by atoms with Crippen LogP contribution >= 0.6 is 0 Å². The van der Waals surface area contributed by atoms with Crippen molar-refractivity contribution in [1.82, 2.24) is 0 Å². The summed E-state index contributed by atoms with van der Waals surface area (Å²) in [4.78, 5) is 0. The van der Waals surface area contributed by atoms with E-state index in [4.69, 9.17) is 4.74 Å². The van der Waals surface area contributed by atoms with E-state index in [2.05, 4.69) is 75.4 Å². The molecular formula is C25H26O. The van der Waals surface area contributed by atoms with Crippen molar-refractivity contribution in [3.8, 4) is 16.9 Å². The van der Waals surface area contributed by atoms with Crippen molar-refractivity contribution in [1.29, 1.82) is 0 Å². The zero-order valence-electron chi connectivity index (χ0n) is 15.8. The topological polar surface area (TPSA) is 9.23 Å². The molecule has 0 spiro atoms. The fraction of sp³-hybridized carbons (Fsp3) is 0.200. The van der Waals surface area contributed by atoms with Gasteiger partial charge in [0.15, 0.2) is 0 Å². The van der Waals surface area contributed by atoms with Crippen LogP contribution in [0.3, 0.4) is 0 Å². The third-order valence-electron chi connectivity index (χ3n) is 4.63. The lowest BCUT2D eigenvalue weighted by molar-refractivity contribution is 0.363. The summed E-state index contributed by atoms with van der Waals surface area (Å²) < 4.78 is 5.75. The van der Waals surface area contributed by atoms with Crippen LogP contribution in [0.2, 0.25) is 0 Å². The van der Waals surface area contributed by atoms with Crippen LogP contribution < -0.4 is 4.74 Å². The average Bonchev–Trinajstić information content (AvgIpc) is 2.69. The standard InChI is InChI=1S/C25H26O/c1-19(2)21-9-13-23(14-10-21)24-15-11-22(12-16-24)20(3)17-18-26-25-7-5-4-6-8-25/h4-17,19H,18H2,1-3H3. The highest BCUT2D eigenvalue weighted by atomic mass is 16.5. The fourth-order valence-electron chi connectivity index (χ4n) is 2.88. The minimum atomic E-state index is 0.567. The molecule has 0 aliphatic carbocycles. The van der Waals surface area contributed by atoms with Crippen LogP contribution in [0, 0.1) is 0 Å². The van der Waals surface area contributed by atoms with E-state index in [0.29, 0.717) is 12.5 Å². The van der Waals surface area contributed by atoms with Gasteiger partial charge in [0, 0.05) is 0 Å². The van der Waals surface area contributed by atoms with E-state index in [0.717, 1.165) is 5.75 Å². The highest BCUT2D eigenvalue weighted by molar-refractivity contribution is 5.69. The molecular weight excluding hydrogens is 316 g/mol. The maximum Gasteiger partial charge on any atom is 0.119 e. The van der Waals surface area contributed by atoms with E-state index in [1.54, 1.807) is 0 Å². The highest BCUT2D eigenvalue weighted by Gasteiger charge is 2.02. The zero-order chi connectivity index (χ0) is 18.4. The zero-order valence-corrected chi connectivity index (χ0v) is 15.8. The lowest BCUT2D eigenvalue weighted by Gasteiger charge is -2.09. The van der Waals surface area contributed by atoms with Gasteiger partial charge in [0.05, 0.1) is 0 Å². The van der Waals surface area contributed by atoms with E-state index in [9.17, 15) is 0 Å². The van der Waals surface area contributed by atoms with Crippen LogP contribution in [0.5, 0.6) is 5.75 Å². The molecule has 0 aromatic heterocycles. The molecule has 0 saturated carbocycles. The van der Waals surface area contributed by atoms with Crippen molar-refractivity contribution in [2.45, 2.75) is 26.7 Å². The van der Waals surface area contributed by atoms with Crippen LogP contribution in [0.25, 0.3) is 16.7 Å². The fourth-order valence-corrected chi connectivity index (χ4v) is 2.88. The Labute approximate surface area is 157 Å². The summed E-state index contributed by atoms with van der Waals surface area (Å²) in [5.41, 5.74) is 6.33. The SMILES string of the molecule is CC(=CCOc1ccccc1)c1ccc(-c2ccc(C(C)C)cc2)cc1. The molecule has 1 heteroatoms. The second-order valence-corrected chi connectivity index (χ2v) is 6.87. The summed E-state index contributed by atoms with van der Waals surface area (Å²) in [7, 11) is 0. The largest absolute Gasteiger partial charge is 0.490 e. The van der Waals surface area contributed by atoms with E-state index < -0.39 is 0 Å². The quantitative estimate of drug-likeness (QED) is 0.470. The van der Waals surface area contributed by atoms with Crippen molar-refractivity contribution >= 4 is 5.57 Å². The van der Waals surface area contributed by atoms with Gasteiger partial charge in [0.1, 0.15) is 12.4 Å². The summed E-state index contributed by atoms with van der Waals surface area (Å²) in [6.45, 7) is 7.15. The molecule has 0 heterocycles. The number of benzene rings is 3. The van der Waals surface area contributed by atoms with Gasteiger partial charge in [-0.25, -0.2) is 0 Å². The third-order valence-corrected chi connectivity index (χ3v) is 4.63. The Morgan fingerprint density at radius 3 is 1.96 bits per heavy atom. The second-order valence-electron chi connectivity index (χ2n) is 6.87. The predicted molar refractivity (Wildman–Crippen MR) is 112 cm³/mol. The Morgan fingerprint density at radius 1 is 0.808 bits per heavy atom. The molecule has 3 aromatic carbocycles. The Balaban J connectivity index is 1.65. The van der Waals surface area contributed by atoms with Gasteiger partial charge in [-0.15, -0.1) is 0 Å². The number of ether oxygens (including phenoxy) is 1. The van der Waals surface area contributed by atoms with E-state index in [-0.39, 0.29) is 0 Å². The van der Waals surface area contributed by atoms with E-state index >= 15 is 0 Å². The van der Waals surface area contributed by atoms with E-state index in [1.165, 1.54) is 27.8 Å². The van der Waals surface area contributed by atoms with Gasteiger partial charge in [-0.1, -0.05) is 80.6 Å². The van der Waals surface area contributed by atoms with Crippen LogP contribution in [0.4, 0.5) is 0 Å². The highest BCUT2D eigenvalue weighted by Crippen LogP contribution is 2.24. The summed E-state index contributed by atoms with van der Waals surface area (Å²) in [5, 5.41) is 0. The van der Waals surface area contributed by atoms with Crippen molar-refractivity contribution in [3.63, 3.8) is 0 Å². The maximum absolute atomic E-state index is 5.75. The minimum Gasteiger partial charge on any atom is -0.490 e. The molecule has 0 atom stereocenters. The molecule has 0 N–H and O–H groups in total. The first kappa shape index (κ1) is 18.0. The Bertz CT molecular complexity index is 841. The Kier molecular flexibility index (Phi) is 5.91. The van der Waals surface area contributed by atoms with Crippen LogP contribution in [0.1, 0.15) is 37.8 Å². The normalized spacial score (nSPS) is 11.6. The molecule has 0 fully saturated rings. The summed E-state index contributed by atoms with van der Waals surface area (Å²) in [5.74, 6) is 1.47. The van der Waals surface area contributed by atoms with Gasteiger partial charge < -0.3 is 4.74 Å². The predicted octanol–water partition coefficient (Wildman–Crippen LogP) is 6.96. The first-order chi connectivity index (χ1) is 12.6. The molecule has 0 radical (unpaired) electrons. The average molecular weight is 342 g/mol. The van der Waals surface area contributed by atoms with Crippen molar-refractivity contribution in [3.05, 3.63) is 96.1 Å². The maximum atomic E-state index is 5.75. The summed E-state index contributed by atoms with van der Waals surface area (Å²) >= 11 is 0.